The van der Waals surface area contributed by atoms with Crippen LogP contribution in [0.3, 0.4) is 0 Å². The molecule has 6 nitrogen and oxygen atoms in total. The van der Waals surface area contributed by atoms with Crippen LogP contribution in [0.4, 0.5) is 17.6 Å². The van der Waals surface area contributed by atoms with Crippen molar-refractivity contribution in [2.24, 2.45) is 0 Å². The number of ether oxygens (including phenoxy) is 1. The predicted molar refractivity (Wildman–Crippen MR) is 137 cm³/mol. The third-order valence-corrected chi connectivity index (χ3v) is 9.03. The Labute approximate surface area is 221 Å². The lowest BCUT2D eigenvalue weighted by Crippen LogP contribution is -2.37. The van der Waals surface area contributed by atoms with E-state index in [1.807, 2.05) is 18.2 Å². The highest BCUT2D eigenvalue weighted by atomic mass is 32.2. The summed E-state index contributed by atoms with van der Waals surface area (Å²) in [5.74, 6) is -5.35. The minimum absolute atomic E-state index is 0.0256. The molecule has 1 fully saturated rings. The molecule has 39 heavy (non-hydrogen) atoms. The molecule has 6 rings (SSSR count). The van der Waals surface area contributed by atoms with Gasteiger partial charge >= 0.3 is 0 Å². The number of hydrogen-bond acceptors (Lipinski definition) is 5. The van der Waals surface area contributed by atoms with Crippen molar-refractivity contribution in [3.8, 4) is 16.9 Å². The maximum Gasteiger partial charge on any atom is 0.253 e. The van der Waals surface area contributed by atoms with Crippen molar-refractivity contribution in [3.63, 3.8) is 0 Å². The highest BCUT2D eigenvalue weighted by Gasteiger charge is 2.37. The summed E-state index contributed by atoms with van der Waals surface area (Å²) in [5, 5.41) is 3.24. The molecule has 2 aliphatic rings. The molecular formula is C28H21F4N3O3S. The van der Waals surface area contributed by atoms with Crippen LogP contribution in [0.15, 0.2) is 54.7 Å². The summed E-state index contributed by atoms with van der Waals surface area (Å²) in [6, 6.07) is 10.4. The van der Waals surface area contributed by atoms with E-state index in [1.54, 1.807) is 6.07 Å². The fraction of sp³-hybridized carbons (Fsp3) is 0.214. The Morgan fingerprint density at radius 3 is 2.59 bits per heavy atom. The molecule has 0 unspecified atom stereocenters. The van der Waals surface area contributed by atoms with E-state index in [-0.39, 0.29) is 34.0 Å². The second kappa shape index (κ2) is 9.33. The molecule has 0 radical (unpaired) electrons. The van der Waals surface area contributed by atoms with Crippen molar-refractivity contribution < 1.29 is 31.3 Å². The second-order valence-corrected chi connectivity index (χ2v) is 12.0. The number of pyridine rings is 1. The van der Waals surface area contributed by atoms with Gasteiger partial charge in [-0.15, -0.1) is 0 Å². The largest absolute Gasteiger partial charge is 0.493 e. The lowest BCUT2D eigenvalue weighted by atomic mass is 9.90. The monoisotopic (exact) mass is 555 g/mol. The van der Waals surface area contributed by atoms with Gasteiger partial charge in [0.25, 0.3) is 5.91 Å². The van der Waals surface area contributed by atoms with Crippen molar-refractivity contribution in [2.75, 3.05) is 18.1 Å². The van der Waals surface area contributed by atoms with Crippen LogP contribution in [0.2, 0.25) is 0 Å². The third-order valence-electron chi connectivity index (χ3n) is 7.15. The van der Waals surface area contributed by atoms with E-state index < -0.39 is 55.9 Å². The molecule has 0 aliphatic carbocycles. The van der Waals surface area contributed by atoms with Crippen molar-refractivity contribution in [1.82, 2.24) is 10.3 Å². The third kappa shape index (κ3) is 4.40. The van der Waals surface area contributed by atoms with Crippen LogP contribution in [-0.2, 0) is 9.73 Å². The Bertz CT molecular complexity index is 1770. The number of nitrogens with one attached hydrogen (secondary N) is 2. The predicted octanol–water partition coefficient (Wildman–Crippen LogP) is 5.86. The quantitative estimate of drug-likeness (QED) is 0.244. The van der Waals surface area contributed by atoms with E-state index in [0.717, 1.165) is 11.6 Å². The lowest BCUT2D eigenvalue weighted by Gasteiger charge is -2.32. The SMILES string of the molecule is N=S1(=O)CC(c2c(C(=O)N[C@H]3CCOc4ccccc43)cnc3c(-c4cc(F)cc(F)c4F)c(F)ccc23)C1. The van der Waals surface area contributed by atoms with Gasteiger partial charge in [0.05, 0.1) is 23.7 Å². The molecule has 0 bridgehead atoms. The number of carbonyl (C=O) groups excluding carboxylic acids is 1. The van der Waals surface area contributed by atoms with Gasteiger partial charge in [-0.25, -0.2) is 21.8 Å². The van der Waals surface area contributed by atoms with E-state index in [4.69, 9.17) is 9.52 Å². The molecule has 1 aromatic heterocycles. The molecule has 0 saturated carbocycles. The van der Waals surface area contributed by atoms with Gasteiger partial charge in [-0.1, -0.05) is 18.2 Å². The summed E-state index contributed by atoms with van der Waals surface area (Å²) in [7, 11) is -2.85. The Kier molecular flexibility index (Phi) is 6.05. The first-order chi connectivity index (χ1) is 18.6. The molecule has 1 saturated heterocycles. The van der Waals surface area contributed by atoms with Crippen LogP contribution in [0, 0.1) is 28.0 Å². The van der Waals surface area contributed by atoms with Gasteiger partial charge in [-0.2, -0.15) is 0 Å². The number of para-hydroxylation sites is 1. The number of fused-ring (bicyclic) bond motifs is 2. The zero-order valence-electron chi connectivity index (χ0n) is 20.3. The first kappa shape index (κ1) is 25.3. The number of carbonyl (C=O) groups is 1. The summed E-state index contributed by atoms with van der Waals surface area (Å²) < 4.78 is 83.8. The minimum atomic E-state index is -2.85. The molecule has 200 valence electrons. The number of rotatable bonds is 4. The number of halogens is 4. The van der Waals surface area contributed by atoms with Crippen LogP contribution in [0.25, 0.3) is 22.0 Å². The van der Waals surface area contributed by atoms with Gasteiger partial charge in [0.2, 0.25) is 0 Å². The van der Waals surface area contributed by atoms with Gasteiger partial charge in [-0.3, -0.25) is 14.6 Å². The van der Waals surface area contributed by atoms with Gasteiger partial charge < -0.3 is 10.1 Å². The Morgan fingerprint density at radius 1 is 1.05 bits per heavy atom. The first-order valence-corrected chi connectivity index (χ1v) is 14.1. The fourth-order valence-corrected chi connectivity index (χ4v) is 6.91. The second-order valence-electron chi connectivity index (χ2n) is 9.70. The summed E-state index contributed by atoms with van der Waals surface area (Å²) in [4.78, 5) is 17.9. The van der Waals surface area contributed by atoms with Crippen LogP contribution in [-0.4, -0.2) is 33.2 Å². The molecule has 1 amide bonds. The molecule has 3 aromatic carbocycles. The molecule has 2 aliphatic heterocycles. The van der Waals surface area contributed by atoms with E-state index in [9.17, 15) is 22.2 Å². The fourth-order valence-electron chi connectivity index (χ4n) is 5.37. The maximum absolute atomic E-state index is 15.1. The highest BCUT2D eigenvalue weighted by molar-refractivity contribution is 7.93. The molecule has 11 heteroatoms. The number of nitrogens with zero attached hydrogens (tertiary/aromatic N) is 1. The van der Waals surface area contributed by atoms with Crippen molar-refractivity contribution in [2.45, 2.75) is 18.4 Å². The molecule has 0 spiro atoms. The summed E-state index contributed by atoms with van der Waals surface area (Å²) in [6.07, 6.45) is 1.72. The Balaban J connectivity index is 1.50. The van der Waals surface area contributed by atoms with Gasteiger partial charge in [0.15, 0.2) is 11.6 Å². The zero-order valence-corrected chi connectivity index (χ0v) is 21.1. The number of hydrogen-bond donors (Lipinski definition) is 2. The molecule has 4 aromatic rings. The van der Waals surface area contributed by atoms with Gasteiger partial charge in [0.1, 0.15) is 17.4 Å². The van der Waals surface area contributed by atoms with Crippen molar-refractivity contribution >= 4 is 26.5 Å². The van der Waals surface area contributed by atoms with E-state index in [2.05, 4.69) is 10.3 Å². The smallest absolute Gasteiger partial charge is 0.253 e. The summed E-state index contributed by atoms with van der Waals surface area (Å²) in [5.41, 5.74) is 0.102. The molecule has 3 heterocycles. The number of benzene rings is 3. The van der Waals surface area contributed by atoms with Crippen molar-refractivity contribution in [3.05, 3.63) is 94.7 Å². The number of amides is 1. The number of aromatic nitrogens is 1. The lowest BCUT2D eigenvalue weighted by molar-refractivity contribution is 0.0923. The Morgan fingerprint density at radius 2 is 1.82 bits per heavy atom. The van der Waals surface area contributed by atoms with Crippen LogP contribution in [0.5, 0.6) is 5.75 Å². The van der Waals surface area contributed by atoms with Crippen LogP contribution < -0.4 is 10.1 Å². The van der Waals surface area contributed by atoms with E-state index in [1.165, 1.54) is 12.3 Å². The zero-order chi connectivity index (χ0) is 27.5. The topological polar surface area (TPSA) is 92.1 Å². The molecule has 2 N–H and O–H groups in total. The minimum Gasteiger partial charge on any atom is -0.493 e. The average Bonchev–Trinajstić information content (AvgIpc) is 2.89. The van der Waals surface area contributed by atoms with Crippen LogP contribution >= 0.6 is 0 Å². The maximum atomic E-state index is 15.1. The summed E-state index contributed by atoms with van der Waals surface area (Å²) in [6.45, 7) is 0.396. The van der Waals surface area contributed by atoms with Gasteiger partial charge in [-0.05, 0) is 29.8 Å². The molecular weight excluding hydrogens is 534 g/mol. The summed E-state index contributed by atoms with van der Waals surface area (Å²) >= 11 is 0. The van der Waals surface area contributed by atoms with Crippen LogP contribution in [0.1, 0.15) is 39.9 Å². The van der Waals surface area contributed by atoms with E-state index >= 15 is 4.39 Å². The normalized spacial score (nSPS) is 22.1. The average molecular weight is 556 g/mol. The molecule has 1 atom stereocenters. The highest BCUT2D eigenvalue weighted by Crippen LogP contribution is 2.41. The van der Waals surface area contributed by atoms with Crippen molar-refractivity contribution in [1.29, 1.82) is 4.78 Å². The standard InChI is InChI=1S/C28H21F4N3O3S/c29-15-9-18(26(32)21(31)10-15)25-20(30)6-5-17-24(14-12-39(33,37)13-14)19(11-34-27(17)25)28(36)35-22-7-8-38-23-4-2-1-3-16(22)23/h1-6,9-11,14,22,33H,7-8,12-13H2,(H,35,36)/t14?,22-,39?/m0/s1. The van der Waals surface area contributed by atoms with E-state index in [0.29, 0.717) is 36.5 Å². The van der Waals surface area contributed by atoms with Gasteiger partial charge in [0, 0.05) is 67.9 Å². The first-order valence-electron chi connectivity index (χ1n) is 12.2. The Hall–Kier alpha value is -3.99.